The van der Waals surface area contributed by atoms with Gasteiger partial charge in [0.1, 0.15) is 0 Å². The predicted molar refractivity (Wildman–Crippen MR) is 64.9 cm³/mol. The van der Waals surface area contributed by atoms with Gasteiger partial charge < -0.3 is 4.42 Å². The largest absolute Gasteiger partial charge is 0.414 e. The molecule has 0 saturated carbocycles. The first-order valence-corrected chi connectivity index (χ1v) is 5.75. The maximum absolute atomic E-state index is 5.19. The van der Waals surface area contributed by atoms with Crippen LogP contribution in [0.15, 0.2) is 28.7 Å². The summed E-state index contributed by atoms with van der Waals surface area (Å²) < 4.78 is 5.19. The summed E-state index contributed by atoms with van der Waals surface area (Å²) in [5.41, 5.74) is 2.64. The van der Waals surface area contributed by atoms with E-state index in [0.29, 0.717) is 10.7 Å². The van der Waals surface area contributed by atoms with Gasteiger partial charge in [-0.3, -0.25) is 0 Å². The first-order valence-electron chi connectivity index (χ1n) is 5.34. The van der Waals surface area contributed by atoms with Crippen molar-refractivity contribution in [3.63, 3.8) is 0 Å². The Balaban J connectivity index is 1.84. The van der Waals surface area contributed by atoms with Crippen LogP contribution in [0.3, 0.4) is 0 Å². The van der Waals surface area contributed by atoms with Crippen LogP contribution >= 0.6 is 12.2 Å². The van der Waals surface area contributed by atoms with Gasteiger partial charge in [-0.15, -0.1) is 5.10 Å². The van der Waals surface area contributed by atoms with Gasteiger partial charge in [0, 0.05) is 6.42 Å². The van der Waals surface area contributed by atoms with E-state index in [-0.39, 0.29) is 0 Å². The highest BCUT2D eigenvalue weighted by molar-refractivity contribution is 7.71. The molecule has 84 valence electrons. The first-order chi connectivity index (χ1) is 7.74. The van der Waals surface area contributed by atoms with E-state index in [1.165, 1.54) is 11.1 Å². The lowest BCUT2D eigenvalue weighted by atomic mass is 10.1. The minimum Gasteiger partial charge on any atom is -0.414 e. The van der Waals surface area contributed by atoms with Crippen LogP contribution in [0.5, 0.6) is 0 Å². The topological polar surface area (TPSA) is 41.8 Å². The third kappa shape index (κ3) is 3.03. The van der Waals surface area contributed by atoms with E-state index < -0.39 is 0 Å². The molecule has 0 amide bonds. The van der Waals surface area contributed by atoms with Crippen molar-refractivity contribution in [1.82, 2.24) is 10.2 Å². The number of hydrogen-bond donors (Lipinski definition) is 1. The van der Waals surface area contributed by atoms with E-state index in [9.17, 15) is 0 Å². The molecule has 0 spiro atoms. The van der Waals surface area contributed by atoms with Crippen molar-refractivity contribution >= 4 is 12.2 Å². The number of benzene rings is 1. The number of rotatable bonds is 4. The van der Waals surface area contributed by atoms with Crippen LogP contribution in [-0.2, 0) is 12.8 Å². The van der Waals surface area contributed by atoms with Gasteiger partial charge in [0.25, 0.3) is 4.84 Å². The molecular formula is C12H14N2OS. The summed E-state index contributed by atoms with van der Waals surface area (Å²) in [4.78, 5) is 0.352. The Morgan fingerprint density at radius 1 is 1.25 bits per heavy atom. The molecule has 0 radical (unpaired) electrons. The third-order valence-corrected chi connectivity index (χ3v) is 2.63. The Labute approximate surface area is 99.5 Å². The standard InChI is InChI=1S/C12H14N2OS/c1-9-5-7-10(8-6-9)3-2-4-11-13-14-12(16)15-11/h5-8H,2-4H2,1H3,(H,14,16). The first kappa shape index (κ1) is 11.1. The monoisotopic (exact) mass is 234 g/mol. The fraction of sp³-hybridized carbons (Fsp3) is 0.333. The van der Waals surface area contributed by atoms with E-state index in [1.807, 2.05) is 0 Å². The molecule has 3 nitrogen and oxygen atoms in total. The maximum atomic E-state index is 5.19. The molecule has 0 aliphatic rings. The number of nitrogens with one attached hydrogen (secondary N) is 1. The van der Waals surface area contributed by atoms with E-state index in [0.717, 1.165) is 19.3 Å². The van der Waals surface area contributed by atoms with Crippen LogP contribution in [0.25, 0.3) is 0 Å². The highest BCUT2D eigenvalue weighted by Gasteiger charge is 2.00. The normalized spacial score (nSPS) is 10.6. The molecule has 0 aliphatic carbocycles. The summed E-state index contributed by atoms with van der Waals surface area (Å²) in [5, 5.41) is 6.59. The SMILES string of the molecule is Cc1ccc(CCCc2n[nH]c(=S)o2)cc1. The molecule has 0 fully saturated rings. The molecule has 0 atom stereocenters. The zero-order valence-electron chi connectivity index (χ0n) is 9.19. The Morgan fingerprint density at radius 3 is 2.62 bits per heavy atom. The quantitative estimate of drug-likeness (QED) is 0.826. The van der Waals surface area contributed by atoms with Crippen LogP contribution in [0.2, 0.25) is 0 Å². The number of nitrogens with zero attached hydrogens (tertiary/aromatic N) is 1. The highest BCUT2D eigenvalue weighted by atomic mass is 32.1. The number of H-pyrrole nitrogens is 1. The van der Waals surface area contributed by atoms with Gasteiger partial charge in [0.05, 0.1) is 0 Å². The Hall–Kier alpha value is -1.42. The number of aryl methyl sites for hydroxylation is 3. The molecule has 0 bridgehead atoms. The van der Waals surface area contributed by atoms with Gasteiger partial charge in [0.2, 0.25) is 5.89 Å². The minimum absolute atomic E-state index is 0.352. The molecule has 2 rings (SSSR count). The Bertz CT molecular complexity index is 498. The lowest BCUT2D eigenvalue weighted by Gasteiger charge is -2.00. The van der Waals surface area contributed by atoms with E-state index >= 15 is 0 Å². The smallest absolute Gasteiger partial charge is 0.284 e. The molecule has 0 unspecified atom stereocenters. The summed E-state index contributed by atoms with van der Waals surface area (Å²) >= 11 is 4.81. The fourth-order valence-corrected chi connectivity index (χ4v) is 1.71. The fourth-order valence-electron chi connectivity index (χ4n) is 1.57. The van der Waals surface area contributed by atoms with Crippen molar-refractivity contribution in [2.24, 2.45) is 0 Å². The zero-order valence-corrected chi connectivity index (χ0v) is 10.0. The summed E-state index contributed by atoms with van der Waals surface area (Å²) in [6.07, 6.45) is 2.88. The molecular weight excluding hydrogens is 220 g/mol. The average Bonchev–Trinajstić information content (AvgIpc) is 2.67. The molecule has 0 aliphatic heterocycles. The highest BCUT2D eigenvalue weighted by Crippen LogP contribution is 2.08. The minimum atomic E-state index is 0.352. The van der Waals surface area contributed by atoms with Crippen molar-refractivity contribution in [2.45, 2.75) is 26.2 Å². The van der Waals surface area contributed by atoms with E-state index in [1.54, 1.807) is 0 Å². The van der Waals surface area contributed by atoms with Crippen molar-refractivity contribution in [2.75, 3.05) is 0 Å². The Morgan fingerprint density at radius 2 is 2.00 bits per heavy atom. The lowest BCUT2D eigenvalue weighted by Crippen LogP contribution is -1.90. The maximum Gasteiger partial charge on any atom is 0.284 e. The molecule has 1 aromatic carbocycles. The summed E-state index contributed by atoms with van der Waals surface area (Å²) in [6, 6.07) is 8.59. The second kappa shape index (κ2) is 5.07. The van der Waals surface area contributed by atoms with E-state index in [4.69, 9.17) is 16.6 Å². The third-order valence-electron chi connectivity index (χ3n) is 2.46. The Kier molecular flexibility index (Phi) is 3.51. The van der Waals surface area contributed by atoms with Gasteiger partial charge in [-0.05, 0) is 37.5 Å². The second-order valence-corrected chi connectivity index (χ2v) is 4.22. The molecule has 1 aromatic heterocycles. The summed E-state index contributed by atoms with van der Waals surface area (Å²) in [7, 11) is 0. The number of aromatic amines is 1. The van der Waals surface area contributed by atoms with Gasteiger partial charge in [-0.25, -0.2) is 5.10 Å². The lowest BCUT2D eigenvalue weighted by molar-refractivity contribution is 0.474. The van der Waals surface area contributed by atoms with Gasteiger partial charge in [-0.2, -0.15) is 0 Å². The average molecular weight is 234 g/mol. The summed E-state index contributed by atoms with van der Waals surface area (Å²) in [6.45, 7) is 2.09. The van der Waals surface area contributed by atoms with Crippen molar-refractivity contribution in [1.29, 1.82) is 0 Å². The second-order valence-electron chi connectivity index (χ2n) is 3.85. The van der Waals surface area contributed by atoms with E-state index in [2.05, 4.69) is 41.4 Å². The molecule has 2 aromatic rings. The van der Waals surface area contributed by atoms with Crippen molar-refractivity contribution < 1.29 is 4.42 Å². The number of hydrogen-bond acceptors (Lipinski definition) is 3. The molecule has 1 heterocycles. The molecule has 0 saturated heterocycles. The van der Waals surface area contributed by atoms with Crippen molar-refractivity contribution in [3.05, 3.63) is 46.1 Å². The van der Waals surface area contributed by atoms with Crippen LogP contribution in [0, 0.1) is 11.8 Å². The van der Waals surface area contributed by atoms with Gasteiger partial charge in [-0.1, -0.05) is 29.8 Å². The number of aromatic nitrogens is 2. The molecule has 4 heteroatoms. The van der Waals surface area contributed by atoms with Crippen molar-refractivity contribution in [3.8, 4) is 0 Å². The summed E-state index contributed by atoms with van der Waals surface area (Å²) in [5.74, 6) is 0.692. The van der Waals surface area contributed by atoms with Gasteiger partial charge >= 0.3 is 0 Å². The van der Waals surface area contributed by atoms with Crippen LogP contribution in [0.4, 0.5) is 0 Å². The van der Waals surface area contributed by atoms with Crippen LogP contribution in [0.1, 0.15) is 23.4 Å². The predicted octanol–water partition coefficient (Wildman–Crippen LogP) is 3.22. The zero-order chi connectivity index (χ0) is 11.4. The molecule has 16 heavy (non-hydrogen) atoms. The molecule has 1 N–H and O–H groups in total. The van der Waals surface area contributed by atoms with Crippen LogP contribution in [-0.4, -0.2) is 10.2 Å². The van der Waals surface area contributed by atoms with Crippen LogP contribution < -0.4 is 0 Å². The van der Waals surface area contributed by atoms with Gasteiger partial charge in [0.15, 0.2) is 0 Å².